The third-order valence-corrected chi connectivity index (χ3v) is 3.49. The van der Waals surface area contributed by atoms with Crippen molar-refractivity contribution in [1.29, 1.82) is 0 Å². The van der Waals surface area contributed by atoms with E-state index in [0.29, 0.717) is 18.0 Å². The average Bonchev–Trinajstić information content (AvgIpc) is 2.15. The molecule has 0 radical (unpaired) electrons. The highest BCUT2D eigenvalue weighted by molar-refractivity contribution is 5.16. The number of nitrogens with zero attached hydrogens (tertiary/aromatic N) is 1. The quantitative estimate of drug-likeness (QED) is 0.830. The number of aliphatic hydroxyl groups is 1. The second-order valence-electron chi connectivity index (χ2n) is 4.27. The Balaban J connectivity index is 2.28. The molecule has 15 heavy (non-hydrogen) atoms. The molecule has 0 amide bonds. The van der Waals surface area contributed by atoms with Crippen molar-refractivity contribution < 1.29 is 9.50 Å². The van der Waals surface area contributed by atoms with Crippen LogP contribution >= 0.6 is 0 Å². The second kappa shape index (κ2) is 3.89. The van der Waals surface area contributed by atoms with Crippen LogP contribution in [0.1, 0.15) is 38.3 Å². The molecular formula is C12H16FNO. The van der Waals surface area contributed by atoms with E-state index in [2.05, 4.69) is 4.98 Å². The van der Waals surface area contributed by atoms with Crippen molar-refractivity contribution in [2.24, 2.45) is 5.92 Å². The van der Waals surface area contributed by atoms with Gasteiger partial charge >= 0.3 is 0 Å². The Labute approximate surface area is 89.2 Å². The van der Waals surface area contributed by atoms with E-state index < -0.39 is 5.60 Å². The molecule has 2 rings (SSSR count). The number of halogens is 1. The van der Waals surface area contributed by atoms with Crippen molar-refractivity contribution in [3.05, 3.63) is 29.8 Å². The van der Waals surface area contributed by atoms with Crippen molar-refractivity contribution in [1.82, 2.24) is 4.98 Å². The van der Waals surface area contributed by atoms with E-state index in [1.165, 1.54) is 18.7 Å². The Hall–Kier alpha value is -0.960. The Morgan fingerprint density at radius 1 is 1.53 bits per heavy atom. The molecule has 1 saturated carbocycles. The normalized spacial score (nSPS) is 20.7. The fraction of sp³-hybridized carbons (Fsp3) is 0.583. The molecule has 1 heterocycles. The fourth-order valence-electron chi connectivity index (χ4n) is 2.20. The van der Waals surface area contributed by atoms with Gasteiger partial charge in [0.15, 0.2) is 0 Å². The maximum Gasteiger partial charge on any atom is 0.141 e. The molecule has 0 spiro atoms. The van der Waals surface area contributed by atoms with Crippen molar-refractivity contribution in [3.63, 3.8) is 0 Å². The van der Waals surface area contributed by atoms with E-state index >= 15 is 0 Å². The first-order valence-corrected chi connectivity index (χ1v) is 5.51. The summed E-state index contributed by atoms with van der Waals surface area (Å²) < 4.78 is 12.7. The van der Waals surface area contributed by atoms with Gasteiger partial charge in [0, 0.05) is 0 Å². The summed E-state index contributed by atoms with van der Waals surface area (Å²) in [6, 6.07) is 2.96. The van der Waals surface area contributed by atoms with Crippen LogP contribution in [0.2, 0.25) is 0 Å². The van der Waals surface area contributed by atoms with Gasteiger partial charge in [-0.1, -0.05) is 13.3 Å². The minimum Gasteiger partial charge on any atom is -0.383 e. The highest BCUT2D eigenvalue weighted by Gasteiger charge is 2.41. The number of pyridine rings is 1. The summed E-state index contributed by atoms with van der Waals surface area (Å²) in [5.74, 6) is -0.0636. The summed E-state index contributed by atoms with van der Waals surface area (Å²) in [5.41, 5.74) is -0.248. The van der Waals surface area contributed by atoms with Gasteiger partial charge in [-0.2, -0.15) is 0 Å². The SMILES string of the molecule is CCC(O)(c1ccc(F)cn1)C1CCC1. The van der Waals surface area contributed by atoms with Gasteiger partial charge in [-0.25, -0.2) is 4.39 Å². The van der Waals surface area contributed by atoms with Crippen molar-refractivity contribution in [2.45, 2.75) is 38.2 Å². The largest absolute Gasteiger partial charge is 0.383 e. The average molecular weight is 209 g/mol. The van der Waals surface area contributed by atoms with Crippen LogP contribution < -0.4 is 0 Å². The molecule has 1 aliphatic rings. The van der Waals surface area contributed by atoms with Crippen LogP contribution in [0.15, 0.2) is 18.3 Å². The van der Waals surface area contributed by atoms with Gasteiger partial charge in [0.25, 0.3) is 0 Å². The predicted molar refractivity (Wildman–Crippen MR) is 55.7 cm³/mol. The van der Waals surface area contributed by atoms with Crippen molar-refractivity contribution >= 4 is 0 Å². The van der Waals surface area contributed by atoms with Crippen LogP contribution in [0.5, 0.6) is 0 Å². The molecule has 1 aromatic rings. The van der Waals surface area contributed by atoms with Crippen LogP contribution in [0.3, 0.4) is 0 Å². The topological polar surface area (TPSA) is 33.1 Å². The molecule has 0 saturated heterocycles. The third kappa shape index (κ3) is 1.76. The maximum atomic E-state index is 12.7. The van der Waals surface area contributed by atoms with Crippen LogP contribution in [0.4, 0.5) is 4.39 Å². The van der Waals surface area contributed by atoms with Crippen LogP contribution in [0.25, 0.3) is 0 Å². The first-order valence-electron chi connectivity index (χ1n) is 5.51. The third-order valence-electron chi connectivity index (χ3n) is 3.49. The first kappa shape index (κ1) is 10.6. The lowest BCUT2D eigenvalue weighted by Gasteiger charge is -2.40. The molecule has 3 heteroatoms. The van der Waals surface area contributed by atoms with Crippen LogP contribution in [0, 0.1) is 11.7 Å². The van der Waals surface area contributed by atoms with Gasteiger partial charge in [-0.3, -0.25) is 4.98 Å². The number of aromatic nitrogens is 1. The molecule has 0 aliphatic heterocycles. The van der Waals surface area contributed by atoms with E-state index in [-0.39, 0.29) is 5.82 Å². The Morgan fingerprint density at radius 2 is 2.27 bits per heavy atom. The lowest BCUT2D eigenvalue weighted by molar-refractivity contribution is -0.0629. The lowest BCUT2D eigenvalue weighted by atomic mass is 9.70. The Morgan fingerprint density at radius 3 is 2.67 bits per heavy atom. The minimum absolute atomic E-state index is 0.292. The van der Waals surface area contributed by atoms with E-state index in [4.69, 9.17) is 0 Å². The fourth-order valence-corrected chi connectivity index (χ4v) is 2.20. The summed E-state index contributed by atoms with van der Waals surface area (Å²) >= 11 is 0. The Kier molecular flexibility index (Phi) is 2.74. The zero-order valence-electron chi connectivity index (χ0n) is 8.91. The maximum absolute atomic E-state index is 12.7. The Bertz CT molecular complexity index is 334. The monoisotopic (exact) mass is 209 g/mol. The van der Waals surface area contributed by atoms with E-state index in [1.807, 2.05) is 6.92 Å². The summed E-state index contributed by atoms with van der Waals surface area (Å²) in [4.78, 5) is 4.00. The number of rotatable bonds is 3. The van der Waals surface area contributed by atoms with Gasteiger partial charge < -0.3 is 5.11 Å². The molecule has 82 valence electrons. The van der Waals surface area contributed by atoms with Crippen molar-refractivity contribution in [2.75, 3.05) is 0 Å². The highest BCUT2D eigenvalue weighted by Crippen LogP contribution is 2.43. The standard InChI is InChI=1S/C12H16FNO/c1-2-12(15,9-4-3-5-9)11-7-6-10(13)8-14-11/h6-9,15H,2-5H2,1H3. The van der Waals surface area contributed by atoms with Crippen LogP contribution in [-0.2, 0) is 5.60 Å². The van der Waals surface area contributed by atoms with Gasteiger partial charge in [-0.05, 0) is 37.3 Å². The van der Waals surface area contributed by atoms with E-state index in [0.717, 1.165) is 12.8 Å². The molecule has 0 aromatic carbocycles. The zero-order chi connectivity index (χ0) is 10.9. The second-order valence-corrected chi connectivity index (χ2v) is 4.27. The predicted octanol–water partition coefficient (Wildman–Crippen LogP) is 2.62. The molecular weight excluding hydrogens is 193 g/mol. The van der Waals surface area contributed by atoms with Gasteiger partial charge in [0.1, 0.15) is 11.4 Å². The summed E-state index contributed by atoms with van der Waals surface area (Å²) in [6.07, 6.45) is 5.08. The molecule has 1 aromatic heterocycles. The molecule has 0 bridgehead atoms. The van der Waals surface area contributed by atoms with E-state index in [1.54, 1.807) is 6.07 Å². The van der Waals surface area contributed by atoms with E-state index in [9.17, 15) is 9.50 Å². The summed E-state index contributed by atoms with van der Waals surface area (Å²) in [6.45, 7) is 1.95. The first-order chi connectivity index (χ1) is 7.16. The van der Waals surface area contributed by atoms with Crippen LogP contribution in [-0.4, -0.2) is 10.1 Å². The number of hydrogen-bond acceptors (Lipinski definition) is 2. The van der Waals surface area contributed by atoms with Gasteiger partial charge in [0.2, 0.25) is 0 Å². The highest BCUT2D eigenvalue weighted by atomic mass is 19.1. The van der Waals surface area contributed by atoms with Crippen molar-refractivity contribution in [3.8, 4) is 0 Å². The molecule has 1 N–H and O–H groups in total. The molecule has 1 aliphatic carbocycles. The van der Waals surface area contributed by atoms with Gasteiger partial charge in [-0.15, -0.1) is 0 Å². The minimum atomic E-state index is -0.855. The number of hydrogen-bond donors (Lipinski definition) is 1. The molecule has 1 atom stereocenters. The molecule has 1 fully saturated rings. The zero-order valence-corrected chi connectivity index (χ0v) is 8.91. The smallest absolute Gasteiger partial charge is 0.141 e. The summed E-state index contributed by atoms with van der Waals surface area (Å²) in [7, 11) is 0. The summed E-state index contributed by atoms with van der Waals surface area (Å²) in [5, 5.41) is 10.5. The molecule has 1 unspecified atom stereocenters. The molecule has 2 nitrogen and oxygen atoms in total. The van der Waals surface area contributed by atoms with Gasteiger partial charge in [0.05, 0.1) is 11.9 Å². The lowest BCUT2D eigenvalue weighted by Crippen LogP contribution is -2.39.